The maximum Gasteiger partial charge on any atom is 0.573 e. The van der Waals surface area contributed by atoms with Gasteiger partial charge in [-0.05, 0) is 53.4 Å². The van der Waals surface area contributed by atoms with Crippen molar-refractivity contribution in [1.82, 2.24) is 0 Å². The molecule has 2 nitrogen and oxygen atoms in total. The summed E-state index contributed by atoms with van der Waals surface area (Å²) >= 11 is 0. The lowest BCUT2D eigenvalue weighted by molar-refractivity contribution is -0.274. The Morgan fingerprint density at radius 1 is 0.688 bits per heavy atom. The Morgan fingerprint density at radius 3 is 1.91 bits per heavy atom. The van der Waals surface area contributed by atoms with Crippen LogP contribution >= 0.6 is 0 Å². The SMILES string of the molecule is CCCCCCCOc1ccc(-c2ccc(-c3ccc(OC(F)(F)F)cc3)c(F)c2)cc1. The van der Waals surface area contributed by atoms with Crippen molar-refractivity contribution >= 4 is 0 Å². The van der Waals surface area contributed by atoms with Crippen LogP contribution in [-0.4, -0.2) is 13.0 Å². The molecule has 6 heteroatoms. The first-order valence-corrected chi connectivity index (χ1v) is 10.7. The molecule has 3 aromatic rings. The van der Waals surface area contributed by atoms with Gasteiger partial charge in [0.05, 0.1) is 6.61 Å². The van der Waals surface area contributed by atoms with Gasteiger partial charge in [0, 0.05) is 5.56 Å². The van der Waals surface area contributed by atoms with Crippen molar-refractivity contribution in [3.63, 3.8) is 0 Å². The summed E-state index contributed by atoms with van der Waals surface area (Å²) in [5, 5.41) is 0. The van der Waals surface area contributed by atoms with Crippen LogP contribution in [0, 0.1) is 5.82 Å². The molecule has 0 aliphatic carbocycles. The Morgan fingerprint density at radius 2 is 1.28 bits per heavy atom. The predicted octanol–water partition coefficient (Wildman–Crippen LogP) is 8.41. The highest BCUT2D eigenvalue weighted by Gasteiger charge is 2.31. The smallest absolute Gasteiger partial charge is 0.494 e. The van der Waals surface area contributed by atoms with Crippen molar-refractivity contribution in [2.24, 2.45) is 0 Å². The van der Waals surface area contributed by atoms with Gasteiger partial charge in [0.25, 0.3) is 0 Å². The molecule has 0 aromatic heterocycles. The second-order valence-electron chi connectivity index (χ2n) is 7.55. The lowest BCUT2D eigenvalue weighted by atomic mass is 9.99. The average molecular weight is 446 g/mol. The summed E-state index contributed by atoms with van der Waals surface area (Å²) in [6.45, 7) is 2.87. The maximum absolute atomic E-state index is 14.7. The maximum atomic E-state index is 14.7. The number of benzene rings is 3. The van der Waals surface area contributed by atoms with E-state index in [9.17, 15) is 17.6 Å². The van der Waals surface area contributed by atoms with Crippen LogP contribution in [0.15, 0.2) is 66.7 Å². The molecule has 0 spiro atoms. The monoisotopic (exact) mass is 446 g/mol. The summed E-state index contributed by atoms with van der Waals surface area (Å²) in [5.41, 5.74) is 2.32. The van der Waals surface area contributed by atoms with Gasteiger partial charge in [-0.2, -0.15) is 0 Å². The Labute approximate surface area is 185 Å². The van der Waals surface area contributed by atoms with Gasteiger partial charge < -0.3 is 9.47 Å². The van der Waals surface area contributed by atoms with Crippen LogP contribution in [0.1, 0.15) is 39.0 Å². The van der Waals surface area contributed by atoms with E-state index in [0.717, 1.165) is 24.2 Å². The highest BCUT2D eigenvalue weighted by Crippen LogP contribution is 2.31. The lowest BCUT2D eigenvalue weighted by Crippen LogP contribution is -2.16. The predicted molar refractivity (Wildman–Crippen MR) is 118 cm³/mol. The van der Waals surface area contributed by atoms with E-state index in [1.165, 1.54) is 49.6 Å². The standard InChI is InChI=1S/C26H26F4O2/c1-2-3-4-5-6-17-31-22-12-7-19(8-13-22)21-11-16-24(25(27)18-21)20-9-14-23(15-10-20)32-26(28,29)30/h7-16,18H,2-6,17H2,1H3. The number of ether oxygens (including phenoxy) is 2. The Balaban J connectivity index is 1.62. The molecule has 0 amide bonds. The fourth-order valence-corrected chi connectivity index (χ4v) is 3.40. The molecule has 0 aliphatic heterocycles. The lowest BCUT2D eigenvalue weighted by Gasteiger charge is -2.11. The van der Waals surface area contributed by atoms with Crippen molar-refractivity contribution in [2.75, 3.05) is 6.61 Å². The van der Waals surface area contributed by atoms with Crippen molar-refractivity contribution in [2.45, 2.75) is 45.4 Å². The van der Waals surface area contributed by atoms with Crippen molar-refractivity contribution in [3.8, 4) is 33.8 Å². The molecular weight excluding hydrogens is 420 g/mol. The number of unbranched alkanes of at least 4 members (excludes halogenated alkanes) is 4. The molecule has 0 heterocycles. The second kappa shape index (κ2) is 11.0. The van der Waals surface area contributed by atoms with E-state index < -0.39 is 12.2 Å². The molecule has 170 valence electrons. The van der Waals surface area contributed by atoms with Crippen LogP contribution in [0.3, 0.4) is 0 Å². The summed E-state index contributed by atoms with van der Waals surface area (Å²) < 4.78 is 61.2. The molecule has 0 radical (unpaired) electrons. The molecule has 32 heavy (non-hydrogen) atoms. The van der Waals surface area contributed by atoms with Gasteiger partial charge in [-0.3, -0.25) is 0 Å². The fourth-order valence-electron chi connectivity index (χ4n) is 3.40. The fraction of sp³-hybridized carbons (Fsp3) is 0.308. The van der Waals surface area contributed by atoms with E-state index in [0.29, 0.717) is 23.3 Å². The zero-order valence-electron chi connectivity index (χ0n) is 17.9. The summed E-state index contributed by atoms with van der Waals surface area (Å²) in [7, 11) is 0. The van der Waals surface area contributed by atoms with Gasteiger partial charge in [-0.25, -0.2) is 4.39 Å². The molecular formula is C26H26F4O2. The second-order valence-corrected chi connectivity index (χ2v) is 7.55. The summed E-state index contributed by atoms with van der Waals surface area (Å²) in [5.74, 6) is -0.0246. The summed E-state index contributed by atoms with van der Waals surface area (Å²) in [6, 6.07) is 17.4. The van der Waals surface area contributed by atoms with Crippen LogP contribution < -0.4 is 9.47 Å². The van der Waals surface area contributed by atoms with Gasteiger partial charge in [0.2, 0.25) is 0 Å². The minimum absolute atomic E-state index is 0.301. The van der Waals surface area contributed by atoms with Crippen LogP contribution in [0.25, 0.3) is 22.3 Å². The van der Waals surface area contributed by atoms with Crippen LogP contribution in [-0.2, 0) is 0 Å². The van der Waals surface area contributed by atoms with E-state index >= 15 is 0 Å². The number of hydrogen-bond donors (Lipinski definition) is 0. The Hall–Kier alpha value is -3.02. The van der Waals surface area contributed by atoms with Gasteiger partial charge in [-0.1, -0.05) is 69.0 Å². The zero-order valence-corrected chi connectivity index (χ0v) is 17.9. The number of halogens is 4. The molecule has 0 saturated carbocycles. The highest BCUT2D eigenvalue weighted by molar-refractivity contribution is 5.71. The number of alkyl halides is 3. The first-order chi connectivity index (χ1) is 15.4. The third-order valence-electron chi connectivity index (χ3n) is 5.07. The molecule has 0 atom stereocenters. The largest absolute Gasteiger partial charge is 0.573 e. The minimum atomic E-state index is -4.76. The number of rotatable bonds is 10. The van der Waals surface area contributed by atoms with Crippen LogP contribution in [0.4, 0.5) is 17.6 Å². The van der Waals surface area contributed by atoms with Gasteiger partial charge >= 0.3 is 6.36 Å². The molecule has 0 bridgehead atoms. The van der Waals surface area contributed by atoms with Crippen molar-refractivity contribution < 1.29 is 27.0 Å². The van der Waals surface area contributed by atoms with Gasteiger partial charge in [0.15, 0.2) is 0 Å². The first kappa shape index (κ1) is 23.6. The summed E-state index contributed by atoms with van der Waals surface area (Å²) in [4.78, 5) is 0. The van der Waals surface area contributed by atoms with Crippen molar-refractivity contribution in [3.05, 3.63) is 72.5 Å². The summed E-state index contributed by atoms with van der Waals surface area (Å²) in [6.07, 6.45) is 1.12. The zero-order chi connectivity index (χ0) is 23.0. The molecule has 0 N–H and O–H groups in total. The molecule has 3 rings (SSSR count). The van der Waals surface area contributed by atoms with E-state index in [1.54, 1.807) is 12.1 Å². The molecule has 0 unspecified atom stereocenters. The molecule has 3 aromatic carbocycles. The van der Waals surface area contributed by atoms with E-state index in [4.69, 9.17) is 4.74 Å². The Bertz CT molecular complexity index is 980. The third-order valence-corrected chi connectivity index (χ3v) is 5.07. The normalized spacial score (nSPS) is 11.4. The topological polar surface area (TPSA) is 18.5 Å². The Kier molecular flexibility index (Phi) is 8.14. The van der Waals surface area contributed by atoms with E-state index in [-0.39, 0.29) is 5.75 Å². The number of hydrogen-bond acceptors (Lipinski definition) is 2. The van der Waals surface area contributed by atoms with Crippen LogP contribution in [0.5, 0.6) is 11.5 Å². The average Bonchev–Trinajstić information content (AvgIpc) is 2.76. The third kappa shape index (κ3) is 7.01. The quantitative estimate of drug-likeness (QED) is 0.230. The first-order valence-electron chi connectivity index (χ1n) is 10.7. The molecule has 0 fully saturated rings. The van der Waals surface area contributed by atoms with Crippen molar-refractivity contribution in [1.29, 1.82) is 0 Å². The van der Waals surface area contributed by atoms with Crippen LogP contribution in [0.2, 0.25) is 0 Å². The highest BCUT2D eigenvalue weighted by atomic mass is 19.4. The molecule has 0 saturated heterocycles. The molecule has 0 aliphatic rings. The van der Waals surface area contributed by atoms with E-state index in [1.807, 2.05) is 24.3 Å². The van der Waals surface area contributed by atoms with E-state index in [2.05, 4.69) is 11.7 Å². The van der Waals surface area contributed by atoms with Gasteiger partial charge in [-0.15, -0.1) is 13.2 Å². The van der Waals surface area contributed by atoms with Gasteiger partial charge in [0.1, 0.15) is 17.3 Å². The minimum Gasteiger partial charge on any atom is -0.494 e.